The predicted octanol–water partition coefficient (Wildman–Crippen LogP) is 5.50. The number of halogens is 1. The van der Waals surface area contributed by atoms with Crippen molar-refractivity contribution >= 4 is 49.9 Å². The van der Waals surface area contributed by atoms with Crippen LogP contribution in [0.15, 0.2) is 54.6 Å². The van der Waals surface area contributed by atoms with Gasteiger partial charge in [0.2, 0.25) is 5.89 Å². The molecule has 138 valence electrons. The lowest BCUT2D eigenvalue weighted by atomic mass is 10.2. The standard InChI is InChI=1S/C19H16BrN3O2S2/c1-3-23-18(24)13-9-12(20)6-7-14(13)22-19(23)27-10-15-11(2)25-17(21-15)16-5-4-8-26-16/h4-9H,3,10H2,1-2H3. The van der Waals surface area contributed by atoms with Crippen LogP contribution in [-0.4, -0.2) is 14.5 Å². The van der Waals surface area contributed by atoms with Gasteiger partial charge in [-0.15, -0.1) is 11.3 Å². The molecule has 5 nitrogen and oxygen atoms in total. The van der Waals surface area contributed by atoms with Gasteiger partial charge in [-0.05, 0) is 43.5 Å². The van der Waals surface area contributed by atoms with E-state index in [1.807, 2.05) is 49.6 Å². The molecule has 0 radical (unpaired) electrons. The summed E-state index contributed by atoms with van der Waals surface area (Å²) in [7, 11) is 0. The van der Waals surface area contributed by atoms with E-state index in [0.29, 0.717) is 34.2 Å². The zero-order chi connectivity index (χ0) is 19.0. The van der Waals surface area contributed by atoms with E-state index in [2.05, 4.69) is 20.9 Å². The number of benzene rings is 1. The molecule has 0 spiro atoms. The summed E-state index contributed by atoms with van der Waals surface area (Å²) in [5, 5.41) is 3.31. The van der Waals surface area contributed by atoms with E-state index in [0.717, 1.165) is 20.8 Å². The highest BCUT2D eigenvalue weighted by Crippen LogP contribution is 2.29. The zero-order valence-corrected chi connectivity index (χ0v) is 17.9. The van der Waals surface area contributed by atoms with Crippen molar-refractivity contribution in [3.05, 3.63) is 62.0 Å². The average Bonchev–Trinajstić information content (AvgIpc) is 3.30. The van der Waals surface area contributed by atoms with Crippen molar-refractivity contribution < 1.29 is 4.42 Å². The van der Waals surface area contributed by atoms with Gasteiger partial charge in [0.25, 0.3) is 5.56 Å². The summed E-state index contributed by atoms with van der Waals surface area (Å²) >= 11 is 6.52. The molecule has 4 aromatic rings. The van der Waals surface area contributed by atoms with E-state index in [4.69, 9.17) is 9.40 Å². The second kappa shape index (κ2) is 7.61. The molecule has 3 heterocycles. The summed E-state index contributed by atoms with van der Waals surface area (Å²) in [5.74, 6) is 2.03. The number of hydrogen-bond acceptors (Lipinski definition) is 6. The Morgan fingerprint density at radius 2 is 2.15 bits per heavy atom. The van der Waals surface area contributed by atoms with Gasteiger partial charge in [-0.25, -0.2) is 9.97 Å². The van der Waals surface area contributed by atoms with Crippen molar-refractivity contribution in [2.24, 2.45) is 0 Å². The van der Waals surface area contributed by atoms with E-state index in [-0.39, 0.29) is 5.56 Å². The van der Waals surface area contributed by atoms with Gasteiger partial charge in [-0.2, -0.15) is 0 Å². The fourth-order valence-electron chi connectivity index (χ4n) is 2.76. The van der Waals surface area contributed by atoms with Gasteiger partial charge in [0.1, 0.15) is 5.76 Å². The molecule has 0 aliphatic carbocycles. The minimum absolute atomic E-state index is 0.0255. The minimum Gasteiger partial charge on any atom is -0.440 e. The van der Waals surface area contributed by atoms with Crippen molar-refractivity contribution in [3.63, 3.8) is 0 Å². The van der Waals surface area contributed by atoms with Gasteiger partial charge < -0.3 is 4.42 Å². The van der Waals surface area contributed by atoms with Crippen LogP contribution in [0, 0.1) is 6.92 Å². The Hall–Kier alpha value is -1.90. The summed E-state index contributed by atoms with van der Waals surface area (Å²) in [6.07, 6.45) is 0. The second-order valence-electron chi connectivity index (χ2n) is 5.89. The molecule has 0 fully saturated rings. The van der Waals surface area contributed by atoms with Crippen LogP contribution in [0.5, 0.6) is 0 Å². The molecule has 0 unspecified atom stereocenters. The molecule has 0 N–H and O–H groups in total. The van der Waals surface area contributed by atoms with E-state index in [9.17, 15) is 4.79 Å². The van der Waals surface area contributed by atoms with Gasteiger partial charge in [-0.1, -0.05) is 33.8 Å². The molecule has 0 saturated heterocycles. The Bertz CT molecular complexity index is 1170. The van der Waals surface area contributed by atoms with Crippen molar-refractivity contribution in [1.29, 1.82) is 0 Å². The Balaban J connectivity index is 1.66. The van der Waals surface area contributed by atoms with Crippen molar-refractivity contribution in [3.8, 4) is 10.8 Å². The molecule has 27 heavy (non-hydrogen) atoms. The van der Waals surface area contributed by atoms with Crippen LogP contribution in [0.4, 0.5) is 0 Å². The minimum atomic E-state index is -0.0255. The molecular formula is C19H16BrN3O2S2. The number of aryl methyl sites for hydroxylation is 1. The molecule has 0 saturated carbocycles. The second-order valence-corrected chi connectivity index (χ2v) is 8.70. The van der Waals surface area contributed by atoms with Crippen molar-refractivity contribution in [2.45, 2.75) is 31.3 Å². The third kappa shape index (κ3) is 3.61. The third-order valence-electron chi connectivity index (χ3n) is 4.16. The topological polar surface area (TPSA) is 60.9 Å². The molecule has 0 aliphatic heterocycles. The highest BCUT2D eigenvalue weighted by Gasteiger charge is 2.15. The highest BCUT2D eigenvalue weighted by molar-refractivity contribution is 9.10. The van der Waals surface area contributed by atoms with E-state index in [1.54, 1.807) is 15.9 Å². The lowest BCUT2D eigenvalue weighted by Crippen LogP contribution is -2.22. The molecule has 0 bridgehead atoms. The average molecular weight is 462 g/mol. The number of thiophene rings is 1. The molecule has 3 aromatic heterocycles. The third-order valence-corrected chi connectivity index (χ3v) is 6.50. The van der Waals surface area contributed by atoms with Gasteiger partial charge in [-0.3, -0.25) is 9.36 Å². The van der Waals surface area contributed by atoms with Gasteiger partial charge in [0, 0.05) is 16.8 Å². The van der Waals surface area contributed by atoms with Crippen LogP contribution in [0.1, 0.15) is 18.4 Å². The number of thioether (sulfide) groups is 1. The van der Waals surface area contributed by atoms with Crippen LogP contribution >= 0.6 is 39.0 Å². The maximum atomic E-state index is 12.8. The fraction of sp³-hybridized carbons (Fsp3) is 0.211. The summed E-state index contributed by atoms with van der Waals surface area (Å²) < 4.78 is 8.38. The monoisotopic (exact) mass is 461 g/mol. The Kier molecular flexibility index (Phi) is 5.21. The summed E-state index contributed by atoms with van der Waals surface area (Å²) in [6, 6.07) is 9.55. The maximum Gasteiger partial charge on any atom is 0.262 e. The number of oxazole rings is 1. The van der Waals surface area contributed by atoms with Gasteiger partial charge in [0.15, 0.2) is 5.16 Å². The van der Waals surface area contributed by atoms with Crippen LogP contribution in [0.2, 0.25) is 0 Å². The van der Waals surface area contributed by atoms with Crippen LogP contribution in [-0.2, 0) is 12.3 Å². The largest absolute Gasteiger partial charge is 0.440 e. The maximum absolute atomic E-state index is 12.8. The first-order valence-corrected chi connectivity index (χ1v) is 11.1. The normalized spacial score (nSPS) is 11.4. The zero-order valence-electron chi connectivity index (χ0n) is 14.7. The van der Waals surface area contributed by atoms with Crippen LogP contribution in [0.3, 0.4) is 0 Å². The smallest absolute Gasteiger partial charge is 0.262 e. The van der Waals surface area contributed by atoms with Crippen molar-refractivity contribution in [2.75, 3.05) is 0 Å². The van der Waals surface area contributed by atoms with Gasteiger partial charge >= 0.3 is 0 Å². The SMILES string of the molecule is CCn1c(SCc2nc(-c3cccs3)oc2C)nc2ccc(Br)cc2c1=O. The first-order valence-electron chi connectivity index (χ1n) is 8.40. The Labute approximate surface area is 172 Å². The number of fused-ring (bicyclic) bond motifs is 1. The molecular weight excluding hydrogens is 446 g/mol. The van der Waals surface area contributed by atoms with Crippen molar-refractivity contribution in [1.82, 2.24) is 14.5 Å². The number of nitrogens with zero attached hydrogens (tertiary/aromatic N) is 3. The first-order chi connectivity index (χ1) is 13.1. The fourth-order valence-corrected chi connectivity index (χ4v) is 4.84. The number of aromatic nitrogens is 3. The summed E-state index contributed by atoms with van der Waals surface area (Å²) in [6.45, 7) is 4.43. The summed E-state index contributed by atoms with van der Waals surface area (Å²) in [4.78, 5) is 23.2. The summed E-state index contributed by atoms with van der Waals surface area (Å²) in [5.41, 5.74) is 1.55. The molecule has 0 atom stereocenters. The quantitative estimate of drug-likeness (QED) is 0.290. The van der Waals surface area contributed by atoms with E-state index >= 15 is 0 Å². The number of hydrogen-bond donors (Lipinski definition) is 0. The lowest BCUT2D eigenvalue weighted by molar-refractivity contribution is 0.542. The molecule has 4 rings (SSSR count). The predicted molar refractivity (Wildman–Crippen MR) is 113 cm³/mol. The molecule has 0 amide bonds. The molecule has 8 heteroatoms. The van der Waals surface area contributed by atoms with Gasteiger partial charge in [0.05, 0.1) is 21.5 Å². The van der Waals surface area contributed by atoms with Crippen LogP contribution < -0.4 is 5.56 Å². The Morgan fingerprint density at radius 1 is 1.30 bits per heavy atom. The van der Waals surface area contributed by atoms with Crippen LogP contribution in [0.25, 0.3) is 21.7 Å². The highest BCUT2D eigenvalue weighted by atomic mass is 79.9. The van der Waals surface area contributed by atoms with E-state index in [1.165, 1.54) is 11.8 Å². The number of rotatable bonds is 5. The molecule has 0 aliphatic rings. The van der Waals surface area contributed by atoms with E-state index < -0.39 is 0 Å². The molecule has 1 aromatic carbocycles. The Morgan fingerprint density at radius 3 is 2.89 bits per heavy atom. The lowest BCUT2D eigenvalue weighted by Gasteiger charge is -2.10. The first kappa shape index (κ1) is 18.5.